The number of aliphatic imine (C=N–C) groups is 1. The summed E-state index contributed by atoms with van der Waals surface area (Å²) in [4.78, 5) is 4.15. The summed E-state index contributed by atoms with van der Waals surface area (Å²) in [6, 6.07) is 6.50. The number of halogens is 1. The molecule has 0 aliphatic heterocycles. The van der Waals surface area contributed by atoms with Crippen molar-refractivity contribution in [2.24, 2.45) is 4.99 Å². The van der Waals surface area contributed by atoms with Gasteiger partial charge in [0.05, 0.1) is 0 Å². The van der Waals surface area contributed by atoms with Crippen LogP contribution in [-0.2, 0) is 19.5 Å². The molecule has 6 nitrogen and oxygen atoms in total. The molecule has 2 rings (SSSR count). The standard InChI is InChI=1S/C15H21FN6/c1-3-14-21-20-11-22(14)8-7-18-15(17-2)19-10-12-5-4-6-13(16)9-12/h4-6,9,11H,3,7-8,10H2,1-2H3,(H2,17,18,19). The van der Waals surface area contributed by atoms with Crippen molar-refractivity contribution in [2.75, 3.05) is 13.6 Å². The summed E-state index contributed by atoms with van der Waals surface area (Å²) in [5.74, 6) is 1.40. The molecule has 1 aromatic carbocycles. The zero-order valence-electron chi connectivity index (χ0n) is 12.9. The third kappa shape index (κ3) is 4.54. The minimum Gasteiger partial charge on any atom is -0.355 e. The van der Waals surface area contributed by atoms with E-state index in [4.69, 9.17) is 0 Å². The van der Waals surface area contributed by atoms with Gasteiger partial charge in [0, 0.05) is 33.1 Å². The molecular formula is C15H21FN6. The molecule has 0 unspecified atom stereocenters. The van der Waals surface area contributed by atoms with Crippen molar-refractivity contribution in [3.05, 3.63) is 47.8 Å². The molecule has 0 saturated carbocycles. The molecule has 0 atom stereocenters. The molecule has 0 aliphatic rings. The highest BCUT2D eigenvalue weighted by molar-refractivity contribution is 5.79. The summed E-state index contributed by atoms with van der Waals surface area (Å²) < 4.78 is 15.1. The van der Waals surface area contributed by atoms with Crippen molar-refractivity contribution >= 4 is 5.96 Å². The van der Waals surface area contributed by atoms with Crippen LogP contribution in [0.2, 0.25) is 0 Å². The van der Waals surface area contributed by atoms with Crippen LogP contribution in [0.1, 0.15) is 18.3 Å². The van der Waals surface area contributed by atoms with Gasteiger partial charge in [0.2, 0.25) is 0 Å². The number of aryl methyl sites for hydroxylation is 1. The van der Waals surface area contributed by atoms with Crippen molar-refractivity contribution in [2.45, 2.75) is 26.4 Å². The van der Waals surface area contributed by atoms with Crippen molar-refractivity contribution in [3.63, 3.8) is 0 Å². The number of nitrogens with one attached hydrogen (secondary N) is 2. The largest absolute Gasteiger partial charge is 0.355 e. The van der Waals surface area contributed by atoms with Gasteiger partial charge in [0.25, 0.3) is 0 Å². The number of hydrogen-bond donors (Lipinski definition) is 2. The molecule has 0 radical (unpaired) electrons. The van der Waals surface area contributed by atoms with E-state index in [-0.39, 0.29) is 5.82 Å². The maximum absolute atomic E-state index is 13.1. The van der Waals surface area contributed by atoms with Crippen LogP contribution in [0.3, 0.4) is 0 Å². The SMILES string of the molecule is CCc1nncn1CCNC(=NC)NCc1cccc(F)c1. The summed E-state index contributed by atoms with van der Waals surface area (Å²) in [5.41, 5.74) is 0.870. The number of guanidine groups is 1. The average molecular weight is 304 g/mol. The summed E-state index contributed by atoms with van der Waals surface area (Å²) in [6.45, 7) is 4.03. The molecule has 1 aromatic heterocycles. The minimum absolute atomic E-state index is 0.234. The second-order valence-electron chi connectivity index (χ2n) is 4.78. The quantitative estimate of drug-likeness (QED) is 0.624. The van der Waals surface area contributed by atoms with Gasteiger partial charge < -0.3 is 15.2 Å². The second-order valence-corrected chi connectivity index (χ2v) is 4.78. The van der Waals surface area contributed by atoms with E-state index in [1.165, 1.54) is 12.1 Å². The Bertz CT molecular complexity index is 622. The Morgan fingerprint density at radius 3 is 2.95 bits per heavy atom. The summed E-state index contributed by atoms with van der Waals surface area (Å²) in [6.07, 6.45) is 2.58. The molecular weight excluding hydrogens is 283 g/mol. The van der Waals surface area contributed by atoms with Crippen LogP contribution in [0.4, 0.5) is 4.39 Å². The summed E-state index contributed by atoms with van der Waals surface area (Å²) in [7, 11) is 1.71. The fourth-order valence-electron chi connectivity index (χ4n) is 2.09. The summed E-state index contributed by atoms with van der Waals surface area (Å²) in [5, 5.41) is 14.3. The fraction of sp³-hybridized carbons (Fsp3) is 0.400. The number of hydrogen-bond acceptors (Lipinski definition) is 3. The summed E-state index contributed by atoms with van der Waals surface area (Å²) >= 11 is 0. The number of benzene rings is 1. The molecule has 2 aromatic rings. The molecule has 22 heavy (non-hydrogen) atoms. The van der Waals surface area contributed by atoms with Crippen LogP contribution >= 0.6 is 0 Å². The first-order valence-electron chi connectivity index (χ1n) is 7.28. The maximum atomic E-state index is 13.1. The van der Waals surface area contributed by atoms with Gasteiger partial charge in [-0.3, -0.25) is 4.99 Å². The van der Waals surface area contributed by atoms with E-state index in [9.17, 15) is 4.39 Å². The first kappa shape index (κ1) is 15.9. The lowest BCUT2D eigenvalue weighted by Crippen LogP contribution is -2.38. The van der Waals surface area contributed by atoms with E-state index in [0.29, 0.717) is 19.0 Å². The highest BCUT2D eigenvalue weighted by Crippen LogP contribution is 2.02. The van der Waals surface area contributed by atoms with Crippen LogP contribution in [0, 0.1) is 5.82 Å². The second kappa shape index (κ2) is 8.11. The zero-order valence-corrected chi connectivity index (χ0v) is 12.9. The number of aromatic nitrogens is 3. The van der Waals surface area contributed by atoms with Gasteiger partial charge in [-0.25, -0.2) is 4.39 Å². The highest BCUT2D eigenvalue weighted by atomic mass is 19.1. The first-order chi connectivity index (χ1) is 10.7. The van der Waals surface area contributed by atoms with Gasteiger partial charge in [0.15, 0.2) is 5.96 Å². The van der Waals surface area contributed by atoms with Crippen LogP contribution in [0.25, 0.3) is 0 Å². The van der Waals surface area contributed by atoms with Crippen LogP contribution in [0.15, 0.2) is 35.6 Å². The van der Waals surface area contributed by atoms with Gasteiger partial charge in [-0.15, -0.1) is 10.2 Å². The Kier molecular flexibility index (Phi) is 5.88. The molecule has 1 heterocycles. The minimum atomic E-state index is -0.234. The zero-order chi connectivity index (χ0) is 15.8. The van der Waals surface area contributed by atoms with Crippen LogP contribution < -0.4 is 10.6 Å². The van der Waals surface area contributed by atoms with E-state index in [1.54, 1.807) is 19.4 Å². The maximum Gasteiger partial charge on any atom is 0.191 e. The number of rotatable bonds is 6. The molecule has 0 spiro atoms. The topological polar surface area (TPSA) is 67.1 Å². The van der Waals surface area contributed by atoms with Crippen molar-refractivity contribution in [1.82, 2.24) is 25.4 Å². The van der Waals surface area contributed by atoms with Crippen LogP contribution in [0.5, 0.6) is 0 Å². The third-order valence-electron chi connectivity index (χ3n) is 3.23. The van der Waals surface area contributed by atoms with E-state index in [0.717, 1.165) is 24.4 Å². The Balaban J connectivity index is 1.78. The predicted molar refractivity (Wildman–Crippen MR) is 84.0 cm³/mol. The molecule has 7 heteroatoms. The lowest BCUT2D eigenvalue weighted by atomic mass is 10.2. The predicted octanol–water partition coefficient (Wildman–Crippen LogP) is 1.34. The Morgan fingerprint density at radius 2 is 2.23 bits per heavy atom. The lowest BCUT2D eigenvalue weighted by molar-refractivity contribution is 0.622. The monoisotopic (exact) mass is 304 g/mol. The lowest BCUT2D eigenvalue weighted by Gasteiger charge is -2.12. The fourth-order valence-corrected chi connectivity index (χ4v) is 2.09. The van der Waals surface area contributed by atoms with E-state index in [2.05, 4.69) is 25.8 Å². The molecule has 2 N–H and O–H groups in total. The van der Waals surface area contributed by atoms with Crippen LogP contribution in [-0.4, -0.2) is 34.3 Å². The molecule has 0 bridgehead atoms. The van der Waals surface area contributed by atoms with Gasteiger partial charge in [-0.05, 0) is 17.7 Å². The van der Waals surface area contributed by atoms with Crippen molar-refractivity contribution in [1.29, 1.82) is 0 Å². The van der Waals surface area contributed by atoms with Gasteiger partial charge in [-0.2, -0.15) is 0 Å². The molecule has 0 aliphatic carbocycles. The Morgan fingerprint density at radius 1 is 1.36 bits per heavy atom. The molecule has 0 saturated heterocycles. The Labute approximate surface area is 129 Å². The molecule has 0 amide bonds. The van der Waals surface area contributed by atoms with E-state index < -0.39 is 0 Å². The average Bonchev–Trinajstić information content (AvgIpc) is 2.98. The van der Waals surface area contributed by atoms with Crippen molar-refractivity contribution < 1.29 is 4.39 Å². The normalized spacial score (nSPS) is 11.5. The third-order valence-corrected chi connectivity index (χ3v) is 3.23. The molecule has 118 valence electrons. The van der Waals surface area contributed by atoms with Gasteiger partial charge >= 0.3 is 0 Å². The van der Waals surface area contributed by atoms with E-state index in [1.807, 2.05) is 17.6 Å². The Hall–Kier alpha value is -2.44. The van der Waals surface area contributed by atoms with E-state index >= 15 is 0 Å². The van der Waals surface area contributed by atoms with Crippen molar-refractivity contribution in [3.8, 4) is 0 Å². The number of nitrogens with zero attached hydrogens (tertiary/aromatic N) is 4. The highest BCUT2D eigenvalue weighted by Gasteiger charge is 2.02. The molecule has 0 fully saturated rings. The first-order valence-corrected chi connectivity index (χ1v) is 7.28. The van der Waals surface area contributed by atoms with Gasteiger partial charge in [-0.1, -0.05) is 19.1 Å². The van der Waals surface area contributed by atoms with Gasteiger partial charge in [0.1, 0.15) is 18.0 Å². The smallest absolute Gasteiger partial charge is 0.191 e.